The van der Waals surface area contributed by atoms with E-state index in [0.29, 0.717) is 23.1 Å². The number of hydrogen-bond donors (Lipinski definition) is 2. The van der Waals surface area contributed by atoms with Crippen molar-refractivity contribution in [2.75, 3.05) is 32.7 Å². The van der Waals surface area contributed by atoms with Crippen LogP contribution in [0.5, 0.6) is 11.5 Å². The van der Waals surface area contributed by atoms with Gasteiger partial charge >= 0.3 is 5.97 Å². The van der Waals surface area contributed by atoms with E-state index in [9.17, 15) is 14.4 Å². The van der Waals surface area contributed by atoms with Gasteiger partial charge in [-0.15, -0.1) is 0 Å². The number of amides is 2. The largest absolute Gasteiger partial charge is 0.497 e. The SMILES string of the molecule is COc1cc(OC)cc(C(=O)NCC(=O)OCC(=O)Nc2ccc(C(C)C)cc2)c1. The second-order valence-electron chi connectivity index (χ2n) is 6.77. The van der Waals surface area contributed by atoms with Crippen molar-refractivity contribution in [2.45, 2.75) is 19.8 Å². The number of carbonyl (C=O) groups excluding carboxylic acids is 3. The number of anilines is 1. The molecule has 0 aliphatic carbocycles. The lowest BCUT2D eigenvalue weighted by molar-refractivity contribution is -0.146. The van der Waals surface area contributed by atoms with Crippen LogP contribution in [0.25, 0.3) is 0 Å². The van der Waals surface area contributed by atoms with Crippen LogP contribution in [0.2, 0.25) is 0 Å². The molecule has 8 nitrogen and oxygen atoms in total. The maximum atomic E-state index is 12.2. The van der Waals surface area contributed by atoms with Gasteiger partial charge in [0.2, 0.25) is 0 Å². The molecule has 0 aliphatic rings. The minimum atomic E-state index is -0.733. The lowest BCUT2D eigenvalue weighted by Gasteiger charge is -2.10. The van der Waals surface area contributed by atoms with Crippen molar-refractivity contribution in [3.05, 3.63) is 53.6 Å². The van der Waals surface area contributed by atoms with Gasteiger partial charge in [-0.3, -0.25) is 14.4 Å². The third-order valence-electron chi connectivity index (χ3n) is 4.23. The standard InChI is InChI=1S/C22H26N2O6/c1-14(2)15-5-7-17(8-6-15)24-20(25)13-30-21(26)12-23-22(27)16-9-18(28-3)11-19(10-16)29-4/h5-11,14H,12-13H2,1-4H3,(H,23,27)(H,24,25). The summed E-state index contributed by atoms with van der Waals surface area (Å²) in [4.78, 5) is 36.0. The van der Waals surface area contributed by atoms with Crippen LogP contribution in [0, 0.1) is 0 Å². The van der Waals surface area contributed by atoms with Crippen molar-refractivity contribution in [3.63, 3.8) is 0 Å². The summed E-state index contributed by atoms with van der Waals surface area (Å²) in [7, 11) is 2.94. The molecule has 0 radical (unpaired) electrons. The second-order valence-corrected chi connectivity index (χ2v) is 6.77. The topological polar surface area (TPSA) is 103 Å². The summed E-state index contributed by atoms with van der Waals surface area (Å²) in [5, 5.41) is 5.08. The van der Waals surface area contributed by atoms with E-state index in [-0.39, 0.29) is 12.1 Å². The van der Waals surface area contributed by atoms with Gasteiger partial charge in [0.1, 0.15) is 18.0 Å². The van der Waals surface area contributed by atoms with Gasteiger partial charge in [-0.05, 0) is 35.7 Å². The number of hydrogen-bond acceptors (Lipinski definition) is 6. The molecule has 0 heterocycles. The molecule has 0 fully saturated rings. The molecule has 0 saturated heterocycles. The quantitative estimate of drug-likeness (QED) is 0.612. The summed E-state index contributed by atoms with van der Waals surface area (Å²) >= 11 is 0. The number of rotatable bonds is 9. The van der Waals surface area contributed by atoms with E-state index < -0.39 is 24.4 Å². The number of methoxy groups -OCH3 is 2. The summed E-state index contributed by atoms with van der Waals surface area (Å²) in [5.41, 5.74) is 2.03. The van der Waals surface area contributed by atoms with E-state index in [1.807, 2.05) is 12.1 Å². The highest BCUT2D eigenvalue weighted by atomic mass is 16.5. The second kappa shape index (κ2) is 10.8. The number of carbonyl (C=O) groups is 3. The average molecular weight is 414 g/mol. The molecule has 0 unspecified atom stereocenters. The predicted octanol–water partition coefficient (Wildman–Crippen LogP) is 2.74. The molecule has 2 rings (SSSR count). The van der Waals surface area contributed by atoms with Gasteiger partial charge in [0, 0.05) is 17.3 Å². The molecule has 0 aromatic heterocycles. The van der Waals surface area contributed by atoms with E-state index in [0.717, 1.165) is 5.56 Å². The zero-order chi connectivity index (χ0) is 22.1. The molecule has 8 heteroatoms. The molecular formula is C22H26N2O6. The first-order chi connectivity index (χ1) is 14.3. The van der Waals surface area contributed by atoms with Gasteiger partial charge < -0.3 is 24.8 Å². The number of esters is 1. The van der Waals surface area contributed by atoms with Crippen molar-refractivity contribution in [1.82, 2.24) is 5.32 Å². The molecule has 2 N–H and O–H groups in total. The molecule has 0 bridgehead atoms. The smallest absolute Gasteiger partial charge is 0.325 e. The Morgan fingerprint density at radius 3 is 2.07 bits per heavy atom. The lowest BCUT2D eigenvalue weighted by Crippen LogP contribution is -2.32. The van der Waals surface area contributed by atoms with Gasteiger partial charge in [0.15, 0.2) is 6.61 Å². The molecule has 2 aromatic rings. The molecule has 0 aliphatic heterocycles. The van der Waals surface area contributed by atoms with Crippen molar-refractivity contribution in [2.24, 2.45) is 0 Å². The minimum Gasteiger partial charge on any atom is -0.497 e. The zero-order valence-corrected chi connectivity index (χ0v) is 17.5. The Morgan fingerprint density at radius 1 is 0.933 bits per heavy atom. The summed E-state index contributed by atoms with van der Waals surface area (Å²) in [6.07, 6.45) is 0. The predicted molar refractivity (Wildman–Crippen MR) is 112 cm³/mol. The van der Waals surface area contributed by atoms with Gasteiger partial charge in [-0.25, -0.2) is 0 Å². The fourth-order valence-corrected chi connectivity index (χ4v) is 2.54. The van der Waals surface area contributed by atoms with Crippen molar-refractivity contribution in [3.8, 4) is 11.5 Å². The Balaban J connectivity index is 1.79. The number of nitrogens with one attached hydrogen (secondary N) is 2. The van der Waals surface area contributed by atoms with Gasteiger partial charge in [-0.1, -0.05) is 26.0 Å². The van der Waals surface area contributed by atoms with Crippen LogP contribution in [0.15, 0.2) is 42.5 Å². The number of ether oxygens (including phenoxy) is 3. The van der Waals surface area contributed by atoms with Crippen LogP contribution in [-0.2, 0) is 14.3 Å². The Morgan fingerprint density at radius 2 is 1.53 bits per heavy atom. The lowest BCUT2D eigenvalue weighted by atomic mass is 10.0. The van der Waals surface area contributed by atoms with Crippen LogP contribution < -0.4 is 20.1 Å². The van der Waals surface area contributed by atoms with Crippen LogP contribution in [-0.4, -0.2) is 45.2 Å². The van der Waals surface area contributed by atoms with E-state index in [1.54, 1.807) is 18.2 Å². The molecule has 2 aromatic carbocycles. The first-order valence-electron chi connectivity index (χ1n) is 9.39. The van der Waals surface area contributed by atoms with Gasteiger partial charge in [0.05, 0.1) is 14.2 Å². The molecule has 0 spiro atoms. The Labute approximate surface area is 175 Å². The summed E-state index contributed by atoms with van der Waals surface area (Å²) in [6, 6.07) is 12.1. The van der Waals surface area contributed by atoms with Crippen LogP contribution in [0.3, 0.4) is 0 Å². The van der Waals surface area contributed by atoms with E-state index >= 15 is 0 Å². The molecule has 160 valence electrons. The maximum absolute atomic E-state index is 12.2. The van der Waals surface area contributed by atoms with Crippen LogP contribution in [0.1, 0.15) is 35.7 Å². The highest BCUT2D eigenvalue weighted by molar-refractivity contribution is 5.97. The molecule has 0 saturated carbocycles. The van der Waals surface area contributed by atoms with Crippen LogP contribution in [0.4, 0.5) is 5.69 Å². The van der Waals surface area contributed by atoms with E-state index in [2.05, 4.69) is 24.5 Å². The molecule has 2 amide bonds. The highest BCUT2D eigenvalue weighted by Crippen LogP contribution is 2.22. The first kappa shape index (κ1) is 22.7. The Hall–Kier alpha value is -3.55. The zero-order valence-electron chi connectivity index (χ0n) is 17.5. The number of benzene rings is 2. The summed E-state index contributed by atoms with van der Waals surface area (Å²) in [5.74, 6) is -0.420. The Bertz CT molecular complexity index is 871. The summed E-state index contributed by atoms with van der Waals surface area (Å²) in [6.45, 7) is 3.33. The maximum Gasteiger partial charge on any atom is 0.325 e. The summed E-state index contributed by atoms with van der Waals surface area (Å²) < 4.78 is 15.1. The van der Waals surface area contributed by atoms with Gasteiger partial charge in [0.25, 0.3) is 11.8 Å². The van der Waals surface area contributed by atoms with Crippen molar-refractivity contribution >= 4 is 23.5 Å². The molecule has 30 heavy (non-hydrogen) atoms. The van der Waals surface area contributed by atoms with Crippen molar-refractivity contribution in [1.29, 1.82) is 0 Å². The Kier molecular flexibility index (Phi) is 8.22. The third kappa shape index (κ3) is 6.80. The van der Waals surface area contributed by atoms with E-state index in [4.69, 9.17) is 14.2 Å². The normalized spacial score (nSPS) is 10.3. The van der Waals surface area contributed by atoms with Crippen LogP contribution >= 0.6 is 0 Å². The monoisotopic (exact) mass is 414 g/mol. The third-order valence-corrected chi connectivity index (χ3v) is 4.23. The van der Waals surface area contributed by atoms with Gasteiger partial charge in [-0.2, -0.15) is 0 Å². The van der Waals surface area contributed by atoms with Crippen molar-refractivity contribution < 1.29 is 28.6 Å². The average Bonchev–Trinajstić information content (AvgIpc) is 2.75. The minimum absolute atomic E-state index is 0.265. The first-order valence-corrected chi connectivity index (χ1v) is 9.39. The van der Waals surface area contributed by atoms with E-state index in [1.165, 1.54) is 26.4 Å². The molecular weight excluding hydrogens is 388 g/mol. The highest BCUT2D eigenvalue weighted by Gasteiger charge is 2.13. The fraction of sp³-hybridized carbons (Fsp3) is 0.318. The molecule has 0 atom stereocenters. The fourth-order valence-electron chi connectivity index (χ4n) is 2.54.